The molecule has 3 nitrogen and oxygen atoms in total. The summed E-state index contributed by atoms with van der Waals surface area (Å²) in [6.07, 6.45) is 3.18. The molecule has 0 heterocycles. The van der Waals surface area contributed by atoms with Crippen LogP contribution in [0.4, 0.5) is 0 Å². The molecule has 0 aliphatic heterocycles. The van der Waals surface area contributed by atoms with Gasteiger partial charge in [0.2, 0.25) is 0 Å². The standard InChI is InChI=1S/C14H20BrNO2/c1-8-10(14(16)6-5-7-14)13(18-4)12(17-3)9(2)11(8)15/h5-7,16H2,1-4H3. The molecule has 18 heavy (non-hydrogen) atoms. The summed E-state index contributed by atoms with van der Waals surface area (Å²) in [4.78, 5) is 0. The maximum atomic E-state index is 6.49. The Kier molecular flexibility index (Phi) is 3.60. The molecule has 0 atom stereocenters. The zero-order valence-corrected chi connectivity index (χ0v) is 13.0. The molecule has 100 valence electrons. The van der Waals surface area contributed by atoms with E-state index < -0.39 is 0 Å². The van der Waals surface area contributed by atoms with Crippen LogP contribution in [-0.4, -0.2) is 14.2 Å². The SMILES string of the molecule is COc1c(C)c(Br)c(C)c(C2(N)CCC2)c1OC. The van der Waals surface area contributed by atoms with Crippen LogP contribution in [0.3, 0.4) is 0 Å². The van der Waals surface area contributed by atoms with Crippen molar-refractivity contribution in [3.05, 3.63) is 21.2 Å². The topological polar surface area (TPSA) is 44.5 Å². The second-order valence-corrected chi connectivity index (χ2v) is 5.81. The molecule has 0 amide bonds. The number of hydrogen-bond donors (Lipinski definition) is 1. The van der Waals surface area contributed by atoms with Gasteiger partial charge in [0.05, 0.1) is 14.2 Å². The molecule has 1 aromatic carbocycles. The predicted molar refractivity (Wildman–Crippen MR) is 76.4 cm³/mol. The first kappa shape index (κ1) is 13.7. The maximum absolute atomic E-state index is 6.49. The molecule has 1 fully saturated rings. The van der Waals surface area contributed by atoms with Crippen molar-refractivity contribution >= 4 is 15.9 Å². The van der Waals surface area contributed by atoms with Crippen LogP contribution < -0.4 is 15.2 Å². The molecular formula is C14H20BrNO2. The zero-order valence-electron chi connectivity index (χ0n) is 11.4. The van der Waals surface area contributed by atoms with E-state index in [0.717, 1.165) is 45.5 Å². The second-order valence-electron chi connectivity index (χ2n) is 5.02. The predicted octanol–water partition coefficient (Wildman–Crippen LogP) is 3.42. The largest absolute Gasteiger partial charge is 0.493 e. The van der Waals surface area contributed by atoms with Gasteiger partial charge in [-0.05, 0) is 38.7 Å². The van der Waals surface area contributed by atoms with Gasteiger partial charge in [-0.1, -0.05) is 15.9 Å². The van der Waals surface area contributed by atoms with Crippen LogP contribution in [0.1, 0.15) is 36.0 Å². The lowest BCUT2D eigenvalue weighted by atomic mass is 9.70. The Bertz CT molecular complexity index is 481. The van der Waals surface area contributed by atoms with E-state index in [1.165, 1.54) is 6.42 Å². The summed E-state index contributed by atoms with van der Waals surface area (Å²) in [6.45, 7) is 4.10. The van der Waals surface area contributed by atoms with E-state index in [0.29, 0.717) is 0 Å². The van der Waals surface area contributed by atoms with Crippen molar-refractivity contribution in [2.24, 2.45) is 5.73 Å². The average molecular weight is 314 g/mol. The summed E-state index contributed by atoms with van der Waals surface area (Å²) in [5.74, 6) is 1.57. The normalized spacial score (nSPS) is 17.2. The fourth-order valence-electron chi connectivity index (χ4n) is 2.79. The molecule has 0 bridgehead atoms. The van der Waals surface area contributed by atoms with E-state index >= 15 is 0 Å². The van der Waals surface area contributed by atoms with Crippen LogP contribution in [-0.2, 0) is 5.54 Å². The number of nitrogens with two attached hydrogens (primary N) is 1. The van der Waals surface area contributed by atoms with Gasteiger partial charge in [0.15, 0.2) is 11.5 Å². The quantitative estimate of drug-likeness (QED) is 0.930. The fraction of sp³-hybridized carbons (Fsp3) is 0.571. The smallest absolute Gasteiger partial charge is 0.166 e. The Hall–Kier alpha value is -0.740. The van der Waals surface area contributed by atoms with Gasteiger partial charge in [-0.2, -0.15) is 0 Å². The van der Waals surface area contributed by atoms with Gasteiger partial charge in [0.1, 0.15) is 0 Å². The van der Waals surface area contributed by atoms with Crippen LogP contribution in [0.2, 0.25) is 0 Å². The molecule has 1 aliphatic rings. The highest BCUT2D eigenvalue weighted by molar-refractivity contribution is 9.10. The van der Waals surface area contributed by atoms with Crippen molar-refractivity contribution in [3.63, 3.8) is 0 Å². The van der Waals surface area contributed by atoms with Gasteiger partial charge in [-0.15, -0.1) is 0 Å². The molecule has 1 aliphatic carbocycles. The van der Waals surface area contributed by atoms with E-state index in [-0.39, 0.29) is 5.54 Å². The van der Waals surface area contributed by atoms with E-state index in [1.807, 2.05) is 6.92 Å². The zero-order chi connectivity index (χ0) is 13.5. The first-order chi connectivity index (χ1) is 8.46. The maximum Gasteiger partial charge on any atom is 0.166 e. The number of rotatable bonds is 3. The summed E-state index contributed by atoms with van der Waals surface area (Å²) in [6, 6.07) is 0. The Labute approximate surface area is 117 Å². The van der Waals surface area contributed by atoms with Crippen LogP contribution in [0.25, 0.3) is 0 Å². The Morgan fingerprint density at radius 3 is 2.00 bits per heavy atom. The molecule has 2 rings (SSSR count). The summed E-state index contributed by atoms with van der Waals surface area (Å²) in [7, 11) is 3.34. The number of hydrogen-bond acceptors (Lipinski definition) is 3. The van der Waals surface area contributed by atoms with E-state index in [4.69, 9.17) is 15.2 Å². The Balaban J connectivity index is 2.74. The number of ether oxygens (including phenoxy) is 2. The van der Waals surface area contributed by atoms with Crippen LogP contribution >= 0.6 is 15.9 Å². The fourth-order valence-corrected chi connectivity index (χ4v) is 3.17. The lowest BCUT2D eigenvalue weighted by Gasteiger charge is -2.41. The first-order valence-electron chi connectivity index (χ1n) is 6.16. The average Bonchev–Trinajstić information content (AvgIpc) is 2.32. The summed E-state index contributed by atoms with van der Waals surface area (Å²) >= 11 is 3.64. The molecule has 0 aromatic heterocycles. The molecule has 2 N–H and O–H groups in total. The number of methoxy groups -OCH3 is 2. The minimum absolute atomic E-state index is 0.265. The van der Waals surface area contributed by atoms with Gasteiger partial charge >= 0.3 is 0 Å². The van der Waals surface area contributed by atoms with Crippen molar-refractivity contribution in [1.29, 1.82) is 0 Å². The van der Waals surface area contributed by atoms with Crippen molar-refractivity contribution in [1.82, 2.24) is 0 Å². The van der Waals surface area contributed by atoms with Crippen molar-refractivity contribution < 1.29 is 9.47 Å². The number of halogens is 1. The van der Waals surface area contributed by atoms with Gasteiger partial charge < -0.3 is 15.2 Å². The molecule has 0 spiro atoms. The number of benzene rings is 1. The van der Waals surface area contributed by atoms with Crippen LogP contribution in [0.15, 0.2) is 4.47 Å². The van der Waals surface area contributed by atoms with Crippen molar-refractivity contribution in [3.8, 4) is 11.5 Å². The van der Waals surface area contributed by atoms with Gasteiger partial charge in [-0.25, -0.2) is 0 Å². The van der Waals surface area contributed by atoms with E-state index in [2.05, 4.69) is 22.9 Å². The minimum Gasteiger partial charge on any atom is -0.493 e. The van der Waals surface area contributed by atoms with E-state index in [9.17, 15) is 0 Å². The van der Waals surface area contributed by atoms with Gasteiger partial charge in [-0.3, -0.25) is 0 Å². The lowest BCUT2D eigenvalue weighted by Crippen LogP contribution is -2.44. The second kappa shape index (κ2) is 4.74. The van der Waals surface area contributed by atoms with Crippen molar-refractivity contribution in [2.75, 3.05) is 14.2 Å². The molecule has 0 unspecified atom stereocenters. The minimum atomic E-state index is -0.265. The third-order valence-electron chi connectivity index (χ3n) is 3.96. The highest BCUT2D eigenvalue weighted by Gasteiger charge is 2.40. The molecule has 0 saturated heterocycles. The molecular weight excluding hydrogens is 294 g/mol. The van der Waals surface area contributed by atoms with Crippen molar-refractivity contribution in [2.45, 2.75) is 38.6 Å². The molecule has 1 aromatic rings. The van der Waals surface area contributed by atoms with E-state index in [1.54, 1.807) is 14.2 Å². The molecule has 0 radical (unpaired) electrons. The highest BCUT2D eigenvalue weighted by atomic mass is 79.9. The Morgan fingerprint density at radius 2 is 1.61 bits per heavy atom. The molecule has 1 saturated carbocycles. The molecule has 4 heteroatoms. The van der Waals surface area contributed by atoms with Gasteiger partial charge in [0.25, 0.3) is 0 Å². The monoisotopic (exact) mass is 313 g/mol. The summed E-state index contributed by atoms with van der Waals surface area (Å²) in [5.41, 5.74) is 9.52. The lowest BCUT2D eigenvalue weighted by molar-refractivity contribution is 0.238. The highest BCUT2D eigenvalue weighted by Crippen LogP contribution is 2.51. The third-order valence-corrected chi connectivity index (χ3v) is 5.15. The first-order valence-corrected chi connectivity index (χ1v) is 6.95. The summed E-state index contributed by atoms with van der Waals surface area (Å²) < 4.78 is 12.1. The van der Waals surface area contributed by atoms with Crippen LogP contribution in [0, 0.1) is 13.8 Å². The summed E-state index contributed by atoms with van der Waals surface area (Å²) in [5, 5.41) is 0. The van der Waals surface area contributed by atoms with Gasteiger partial charge in [0, 0.05) is 21.1 Å². The van der Waals surface area contributed by atoms with Crippen LogP contribution in [0.5, 0.6) is 11.5 Å². The Morgan fingerprint density at radius 1 is 1.06 bits per heavy atom. The third kappa shape index (κ3) is 1.82.